The maximum absolute atomic E-state index is 11.5. The third kappa shape index (κ3) is 7.28. The summed E-state index contributed by atoms with van der Waals surface area (Å²) in [5.74, 6) is -0.383. The van der Waals surface area contributed by atoms with Gasteiger partial charge in [0, 0.05) is 12.8 Å². The SMILES string of the molecule is O=C(C=CC=Cc1ccccc1)CCCCC(=O)NO. The summed E-state index contributed by atoms with van der Waals surface area (Å²) in [6.45, 7) is 0. The molecule has 106 valence electrons. The Hall–Kier alpha value is -2.20. The normalized spacial score (nSPS) is 11.1. The number of ketones is 1. The van der Waals surface area contributed by atoms with Crippen molar-refractivity contribution < 1.29 is 14.8 Å². The molecule has 0 aliphatic rings. The van der Waals surface area contributed by atoms with E-state index in [1.165, 1.54) is 6.08 Å². The zero-order valence-corrected chi connectivity index (χ0v) is 11.3. The lowest BCUT2D eigenvalue weighted by atomic mass is 10.1. The number of amides is 1. The lowest BCUT2D eigenvalue weighted by Gasteiger charge is -1.97. The average molecular weight is 273 g/mol. The number of unbranched alkanes of at least 4 members (excludes halogenated alkanes) is 1. The first kappa shape index (κ1) is 15.9. The first-order valence-corrected chi connectivity index (χ1v) is 6.58. The van der Waals surface area contributed by atoms with E-state index >= 15 is 0 Å². The Morgan fingerprint density at radius 3 is 2.45 bits per heavy atom. The number of hydrogen-bond donors (Lipinski definition) is 2. The Bertz CT molecular complexity index is 478. The second-order valence-corrected chi connectivity index (χ2v) is 4.34. The van der Waals surface area contributed by atoms with Crippen LogP contribution >= 0.6 is 0 Å². The van der Waals surface area contributed by atoms with Crippen LogP contribution in [0.4, 0.5) is 0 Å². The third-order valence-corrected chi connectivity index (χ3v) is 2.68. The number of allylic oxidation sites excluding steroid dienone is 3. The smallest absolute Gasteiger partial charge is 0.243 e. The van der Waals surface area contributed by atoms with Crippen LogP contribution in [0.2, 0.25) is 0 Å². The van der Waals surface area contributed by atoms with Crippen LogP contribution in [0.15, 0.2) is 48.6 Å². The summed E-state index contributed by atoms with van der Waals surface area (Å²) < 4.78 is 0. The molecule has 0 radical (unpaired) electrons. The van der Waals surface area contributed by atoms with Crippen LogP contribution in [0.1, 0.15) is 31.2 Å². The van der Waals surface area contributed by atoms with Gasteiger partial charge in [-0.1, -0.05) is 48.6 Å². The van der Waals surface area contributed by atoms with Crippen molar-refractivity contribution in [1.29, 1.82) is 0 Å². The van der Waals surface area contributed by atoms with Gasteiger partial charge in [0.25, 0.3) is 0 Å². The number of rotatable bonds is 8. The molecule has 0 spiro atoms. The summed E-state index contributed by atoms with van der Waals surface area (Å²) in [5, 5.41) is 8.30. The van der Waals surface area contributed by atoms with Crippen LogP contribution in [-0.4, -0.2) is 16.9 Å². The average Bonchev–Trinajstić information content (AvgIpc) is 2.49. The van der Waals surface area contributed by atoms with Crippen LogP contribution in [0.3, 0.4) is 0 Å². The van der Waals surface area contributed by atoms with Crippen LogP contribution < -0.4 is 5.48 Å². The molecule has 0 fully saturated rings. The second kappa shape index (κ2) is 9.69. The molecule has 2 N–H and O–H groups in total. The van der Waals surface area contributed by atoms with Gasteiger partial charge < -0.3 is 0 Å². The van der Waals surface area contributed by atoms with Gasteiger partial charge in [0.1, 0.15) is 0 Å². The van der Waals surface area contributed by atoms with E-state index in [9.17, 15) is 9.59 Å². The van der Waals surface area contributed by atoms with Gasteiger partial charge in [0.05, 0.1) is 0 Å². The molecule has 0 saturated carbocycles. The molecular formula is C16H19NO3. The molecule has 1 aromatic rings. The van der Waals surface area contributed by atoms with Crippen LogP contribution in [0.5, 0.6) is 0 Å². The first-order chi connectivity index (χ1) is 9.72. The third-order valence-electron chi connectivity index (χ3n) is 2.68. The molecule has 0 heterocycles. The van der Waals surface area contributed by atoms with Crippen LogP contribution in [0.25, 0.3) is 6.08 Å². The molecule has 0 saturated heterocycles. The minimum absolute atomic E-state index is 0.0344. The molecule has 0 aliphatic heterocycles. The summed E-state index contributed by atoms with van der Waals surface area (Å²) in [6, 6.07) is 9.83. The van der Waals surface area contributed by atoms with Crippen LogP contribution in [0, 0.1) is 0 Å². The molecule has 1 aromatic carbocycles. The van der Waals surface area contributed by atoms with Crippen molar-refractivity contribution >= 4 is 17.8 Å². The lowest BCUT2D eigenvalue weighted by molar-refractivity contribution is -0.129. The van der Waals surface area contributed by atoms with Gasteiger partial charge in [-0.05, 0) is 24.5 Å². The Balaban J connectivity index is 2.20. The predicted octanol–water partition coefficient (Wildman–Crippen LogP) is 2.89. The molecular weight excluding hydrogens is 254 g/mol. The van der Waals surface area contributed by atoms with E-state index in [1.807, 2.05) is 42.5 Å². The maximum atomic E-state index is 11.5. The van der Waals surface area contributed by atoms with Gasteiger partial charge in [0.2, 0.25) is 5.91 Å². The minimum atomic E-state index is -0.418. The predicted molar refractivity (Wildman–Crippen MR) is 78.0 cm³/mol. The molecule has 0 atom stereocenters. The van der Waals surface area contributed by atoms with Crippen molar-refractivity contribution in [3.8, 4) is 0 Å². The van der Waals surface area contributed by atoms with Crippen LogP contribution in [-0.2, 0) is 9.59 Å². The highest BCUT2D eigenvalue weighted by Crippen LogP contribution is 2.03. The van der Waals surface area contributed by atoms with Crippen molar-refractivity contribution in [2.24, 2.45) is 0 Å². The molecule has 0 aliphatic carbocycles. The van der Waals surface area contributed by atoms with E-state index in [4.69, 9.17) is 5.21 Å². The van der Waals surface area contributed by atoms with Crippen molar-refractivity contribution in [2.75, 3.05) is 0 Å². The molecule has 0 unspecified atom stereocenters. The summed E-state index contributed by atoms with van der Waals surface area (Å²) >= 11 is 0. The van der Waals surface area contributed by atoms with E-state index in [1.54, 1.807) is 11.6 Å². The highest BCUT2D eigenvalue weighted by atomic mass is 16.5. The number of carbonyl (C=O) groups is 2. The first-order valence-electron chi connectivity index (χ1n) is 6.58. The summed E-state index contributed by atoms with van der Waals surface area (Å²) in [4.78, 5) is 22.2. The molecule has 20 heavy (non-hydrogen) atoms. The van der Waals surface area contributed by atoms with E-state index in [0.717, 1.165) is 5.56 Å². The molecule has 0 aromatic heterocycles. The largest absolute Gasteiger partial charge is 0.295 e. The molecule has 0 bridgehead atoms. The van der Waals surface area contributed by atoms with Crippen molar-refractivity contribution in [3.05, 3.63) is 54.1 Å². The fraction of sp³-hybridized carbons (Fsp3) is 0.250. The number of nitrogens with one attached hydrogen (secondary N) is 1. The fourth-order valence-corrected chi connectivity index (χ4v) is 1.62. The quantitative estimate of drug-likeness (QED) is 0.252. The number of hydrogen-bond acceptors (Lipinski definition) is 3. The number of hydroxylamine groups is 1. The fourth-order valence-electron chi connectivity index (χ4n) is 1.62. The topological polar surface area (TPSA) is 66.4 Å². The second-order valence-electron chi connectivity index (χ2n) is 4.34. The highest BCUT2D eigenvalue weighted by molar-refractivity contribution is 5.90. The van der Waals surface area contributed by atoms with E-state index in [0.29, 0.717) is 19.3 Å². The number of carbonyl (C=O) groups excluding carboxylic acids is 2. The standard InChI is InChI=1S/C16H19NO3/c18-15(12-6-7-13-16(19)17-20)11-5-4-10-14-8-2-1-3-9-14/h1-5,8-11,20H,6-7,12-13H2,(H,17,19). The van der Waals surface area contributed by atoms with E-state index < -0.39 is 5.91 Å². The van der Waals surface area contributed by atoms with Gasteiger partial charge in [-0.3, -0.25) is 14.8 Å². The monoisotopic (exact) mass is 273 g/mol. The maximum Gasteiger partial charge on any atom is 0.243 e. The van der Waals surface area contributed by atoms with Gasteiger partial charge >= 0.3 is 0 Å². The van der Waals surface area contributed by atoms with Crippen molar-refractivity contribution in [2.45, 2.75) is 25.7 Å². The Kier molecular flexibility index (Phi) is 7.69. The van der Waals surface area contributed by atoms with Crippen molar-refractivity contribution in [1.82, 2.24) is 5.48 Å². The van der Waals surface area contributed by atoms with Crippen molar-refractivity contribution in [3.63, 3.8) is 0 Å². The summed E-state index contributed by atoms with van der Waals surface area (Å²) in [5.41, 5.74) is 2.65. The summed E-state index contributed by atoms with van der Waals surface area (Å²) in [7, 11) is 0. The summed E-state index contributed by atoms with van der Waals surface area (Å²) in [6.07, 6.45) is 8.88. The highest BCUT2D eigenvalue weighted by Gasteiger charge is 2.00. The Morgan fingerprint density at radius 1 is 1.05 bits per heavy atom. The Labute approximate surface area is 118 Å². The molecule has 1 rings (SSSR count). The van der Waals surface area contributed by atoms with Gasteiger partial charge in [-0.15, -0.1) is 0 Å². The molecule has 4 heteroatoms. The minimum Gasteiger partial charge on any atom is -0.295 e. The number of benzene rings is 1. The molecule has 1 amide bonds. The van der Waals surface area contributed by atoms with E-state index in [2.05, 4.69) is 0 Å². The van der Waals surface area contributed by atoms with Gasteiger partial charge in [-0.25, -0.2) is 5.48 Å². The Morgan fingerprint density at radius 2 is 1.75 bits per heavy atom. The van der Waals surface area contributed by atoms with Gasteiger partial charge in [-0.2, -0.15) is 0 Å². The molecule has 4 nitrogen and oxygen atoms in total. The zero-order valence-electron chi connectivity index (χ0n) is 11.3. The van der Waals surface area contributed by atoms with Gasteiger partial charge in [0.15, 0.2) is 5.78 Å². The zero-order chi connectivity index (χ0) is 14.6. The lowest BCUT2D eigenvalue weighted by Crippen LogP contribution is -2.17. The van der Waals surface area contributed by atoms with E-state index in [-0.39, 0.29) is 12.2 Å².